The molecule has 1 heterocycles. The van der Waals surface area contributed by atoms with Crippen LogP contribution in [0.15, 0.2) is 15.4 Å². The van der Waals surface area contributed by atoms with E-state index in [-0.39, 0.29) is 0 Å². The van der Waals surface area contributed by atoms with Crippen molar-refractivity contribution in [1.82, 2.24) is 9.97 Å². The maximum atomic E-state index is 4.13. The Bertz CT molecular complexity index is 217. The Morgan fingerprint density at radius 3 is 2.60 bits per heavy atom. The molecule has 1 aromatic rings. The molecule has 0 aliphatic carbocycles. The molecule has 1 rings (SSSR count). The first-order valence-corrected chi connectivity index (χ1v) is 4.50. The van der Waals surface area contributed by atoms with Crippen LogP contribution in [0.25, 0.3) is 0 Å². The second-order valence-electron chi connectivity index (χ2n) is 1.80. The van der Waals surface area contributed by atoms with Crippen molar-refractivity contribution in [1.29, 1.82) is 0 Å². The Hall–Kier alpha value is 0.0400. The molecule has 0 aromatic carbocycles. The van der Waals surface area contributed by atoms with Gasteiger partial charge in [-0.15, -0.1) is 0 Å². The monoisotopic (exact) mass is 264 g/mol. The van der Waals surface area contributed by atoms with Crippen LogP contribution in [0.2, 0.25) is 0 Å². The fourth-order valence-corrected chi connectivity index (χ4v) is 1.70. The molecule has 0 N–H and O–H groups in total. The SMILES string of the molecule is CCc1cc(Br)nc(Br)n1. The minimum Gasteiger partial charge on any atom is -0.227 e. The number of aryl methyl sites for hydroxylation is 1. The molecule has 0 amide bonds. The van der Waals surface area contributed by atoms with Gasteiger partial charge in [-0.25, -0.2) is 9.97 Å². The molecule has 0 unspecified atom stereocenters. The Kier molecular flexibility index (Phi) is 2.80. The maximum absolute atomic E-state index is 4.13. The summed E-state index contributed by atoms with van der Waals surface area (Å²) in [5.41, 5.74) is 1.04. The summed E-state index contributed by atoms with van der Waals surface area (Å²) >= 11 is 6.47. The number of halogens is 2. The lowest BCUT2D eigenvalue weighted by Crippen LogP contribution is -1.90. The summed E-state index contributed by atoms with van der Waals surface area (Å²) in [6, 6.07) is 1.91. The van der Waals surface area contributed by atoms with Gasteiger partial charge in [0.1, 0.15) is 4.60 Å². The zero-order valence-corrected chi connectivity index (χ0v) is 8.61. The van der Waals surface area contributed by atoms with E-state index in [9.17, 15) is 0 Å². The van der Waals surface area contributed by atoms with Crippen LogP contribution in [0.5, 0.6) is 0 Å². The highest BCUT2D eigenvalue weighted by atomic mass is 79.9. The third-order valence-corrected chi connectivity index (χ3v) is 1.84. The van der Waals surface area contributed by atoms with Crippen molar-refractivity contribution >= 4 is 31.9 Å². The van der Waals surface area contributed by atoms with Crippen LogP contribution in [0, 0.1) is 0 Å². The second kappa shape index (κ2) is 3.44. The Morgan fingerprint density at radius 2 is 2.10 bits per heavy atom. The molecule has 0 atom stereocenters. The third kappa shape index (κ3) is 2.02. The molecule has 0 saturated carbocycles. The molecule has 0 saturated heterocycles. The predicted octanol–water partition coefficient (Wildman–Crippen LogP) is 2.56. The summed E-state index contributed by atoms with van der Waals surface area (Å²) in [6.45, 7) is 2.06. The van der Waals surface area contributed by atoms with Crippen molar-refractivity contribution in [3.63, 3.8) is 0 Å². The first kappa shape index (κ1) is 8.14. The molecule has 0 bridgehead atoms. The van der Waals surface area contributed by atoms with Crippen LogP contribution < -0.4 is 0 Å². The van der Waals surface area contributed by atoms with E-state index in [4.69, 9.17) is 0 Å². The van der Waals surface area contributed by atoms with Crippen molar-refractivity contribution in [2.24, 2.45) is 0 Å². The van der Waals surface area contributed by atoms with Gasteiger partial charge >= 0.3 is 0 Å². The van der Waals surface area contributed by atoms with E-state index in [1.165, 1.54) is 0 Å². The molecule has 1 aromatic heterocycles. The van der Waals surface area contributed by atoms with Crippen LogP contribution in [-0.2, 0) is 6.42 Å². The summed E-state index contributed by atoms with van der Waals surface area (Å²) in [4.78, 5) is 8.13. The summed E-state index contributed by atoms with van der Waals surface area (Å²) < 4.78 is 1.46. The minimum absolute atomic E-state index is 0.638. The van der Waals surface area contributed by atoms with Gasteiger partial charge in [0.05, 0.1) is 0 Å². The van der Waals surface area contributed by atoms with Crippen LogP contribution in [0.1, 0.15) is 12.6 Å². The van der Waals surface area contributed by atoms with Crippen LogP contribution in [0.4, 0.5) is 0 Å². The van der Waals surface area contributed by atoms with Gasteiger partial charge in [-0.1, -0.05) is 6.92 Å². The zero-order chi connectivity index (χ0) is 7.56. The first-order valence-electron chi connectivity index (χ1n) is 2.91. The Balaban J connectivity index is 3.06. The lowest BCUT2D eigenvalue weighted by Gasteiger charge is -1.96. The van der Waals surface area contributed by atoms with Crippen molar-refractivity contribution in [2.45, 2.75) is 13.3 Å². The van der Waals surface area contributed by atoms with E-state index >= 15 is 0 Å². The maximum Gasteiger partial charge on any atom is 0.197 e. The molecule has 54 valence electrons. The average molecular weight is 266 g/mol. The van der Waals surface area contributed by atoms with E-state index in [0.29, 0.717) is 4.73 Å². The van der Waals surface area contributed by atoms with Crippen LogP contribution in [-0.4, -0.2) is 9.97 Å². The largest absolute Gasteiger partial charge is 0.227 e. The summed E-state index contributed by atoms with van der Waals surface area (Å²) in [5, 5.41) is 0. The fraction of sp³-hybridized carbons (Fsp3) is 0.333. The summed E-state index contributed by atoms with van der Waals surface area (Å²) in [7, 11) is 0. The molecule has 0 spiro atoms. The van der Waals surface area contributed by atoms with Gasteiger partial charge in [0.2, 0.25) is 0 Å². The van der Waals surface area contributed by atoms with Gasteiger partial charge in [-0.3, -0.25) is 0 Å². The summed E-state index contributed by atoms with van der Waals surface area (Å²) in [6.07, 6.45) is 0.930. The van der Waals surface area contributed by atoms with Gasteiger partial charge in [0.25, 0.3) is 0 Å². The quantitative estimate of drug-likeness (QED) is 0.576. The third-order valence-electron chi connectivity index (χ3n) is 1.08. The molecule has 2 nitrogen and oxygen atoms in total. The minimum atomic E-state index is 0.638. The highest BCUT2D eigenvalue weighted by Crippen LogP contribution is 2.11. The van der Waals surface area contributed by atoms with E-state index in [0.717, 1.165) is 16.7 Å². The predicted molar refractivity (Wildman–Crippen MR) is 46.8 cm³/mol. The number of hydrogen-bond acceptors (Lipinski definition) is 2. The van der Waals surface area contributed by atoms with E-state index in [1.54, 1.807) is 0 Å². The fourth-order valence-electron chi connectivity index (χ4n) is 0.615. The Labute approximate surface area is 76.3 Å². The highest BCUT2D eigenvalue weighted by molar-refractivity contribution is 9.11. The first-order chi connectivity index (χ1) is 4.72. The topological polar surface area (TPSA) is 25.8 Å². The van der Waals surface area contributed by atoms with Crippen molar-refractivity contribution in [3.05, 3.63) is 21.1 Å². The second-order valence-corrected chi connectivity index (χ2v) is 3.33. The molecule has 0 aliphatic rings. The smallest absolute Gasteiger partial charge is 0.197 e. The van der Waals surface area contributed by atoms with Gasteiger partial charge in [0.15, 0.2) is 4.73 Å². The van der Waals surface area contributed by atoms with Gasteiger partial charge in [0, 0.05) is 5.69 Å². The van der Waals surface area contributed by atoms with Crippen molar-refractivity contribution < 1.29 is 0 Å². The normalized spacial score (nSPS) is 9.90. The number of rotatable bonds is 1. The average Bonchev–Trinajstić information content (AvgIpc) is 1.85. The highest BCUT2D eigenvalue weighted by Gasteiger charge is 1.96. The molecule has 0 fully saturated rings. The molecule has 10 heavy (non-hydrogen) atoms. The number of nitrogens with zero attached hydrogens (tertiary/aromatic N) is 2. The molecular weight excluding hydrogens is 260 g/mol. The molecule has 0 radical (unpaired) electrons. The lowest BCUT2D eigenvalue weighted by molar-refractivity contribution is 0.961. The van der Waals surface area contributed by atoms with Gasteiger partial charge in [-0.05, 0) is 44.3 Å². The number of aromatic nitrogens is 2. The van der Waals surface area contributed by atoms with Crippen LogP contribution in [0.3, 0.4) is 0 Å². The standard InChI is InChI=1S/C6H6Br2N2/c1-2-4-3-5(7)10-6(8)9-4/h3H,2H2,1H3. The molecule has 0 aliphatic heterocycles. The zero-order valence-electron chi connectivity index (χ0n) is 5.43. The van der Waals surface area contributed by atoms with Gasteiger partial charge in [-0.2, -0.15) is 0 Å². The van der Waals surface area contributed by atoms with E-state index in [1.807, 2.05) is 6.07 Å². The van der Waals surface area contributed by atoms with Crippen molar-refractivity contribution in [3.8, 4) is 0 Å². The Morgan fingerprint density at radius 1 is 1.40 bits per heavy atom. The van der Waals surface area contributed by atoms with Gasteiger partial charge < -0.3 is 0 Å². The van der Waals surface area contributed by atoms with E-state index in [2.05, 4.69) is 48.8 Å². The summed E-state index contributed by atoms with van der Waals surface area (Å²) in [5.74, 6) is 0. The van der Waals surface area contributed by atoms with Crippen molar-refractivity contribution in [2.75, 3.05) is 0 Å². The number of hydrogen-bond donors (Lipinski definition) is 0. The van der Waals surface area contributed by atoms with Crippen LogP contribution >= 0.6 is 31.9 Å². The lowest BCUT2D eigenvalue weighted by atomic mass is 10.3. The van der Waals surface area contributed by atoms with E-state index < -0.39 is 0 Å². The molecule has 4 heteroatoms. The molecular formula is C6H6Br2N2.